The van der Waals surface area contributed by atoms with E-state index in [2.05, 4.69) is 10.2 Å². The zero-order valence-corrected chi connectivity index (χ0v) is 15.6. The van der Waals surface area contributed by atoms with Gasteiger partial charge in [-0.25, -0.2) is 9.78 Å². The molecule has 0 rings (SSSR count). The van der Waals surface area contributed by atoms with Gasteiger partial charge >= 0.3 is 0 Å². The third-order valence-electron chi connectivity index (χ3n) is 1.64. The van der Waals surface area contributed by atoms with Crippen molar-refractivity contribution in [2.24, 2.45) is 10.2 Å². The summed E-state index contributed by atoms with van der Waals surface area (Å²) in [5.74, 6) is 0. The molecule has 0 aliphatic rings. The quantitative estimate of drug-likeness (QED) is 0.433. The van der Waals surface area contributed by atoms with Gasteiger partial charge in [-0.05, 0) is 69.2 Å². The summed E-state index contributed by atoms with van der Waals surface area (Å²) in [6.07, 6.45) is 0. The minimum atomic E-state index is -0.839. The van der Waals surface area contributed by atoms with Crippen LogP contribution in [0.1, 0.15) is 69.2 Å². The molecule has 0 saturated heterocycles. The summed E-state index contributed by atoms with van der Waals surface area (Å²) in [4.78, 5) is 10.2. The average molecular weight is 310 g/mol. The molecule has 0 aliphatic carbocycles. The van der Waals surface area contributed by atoms with Crippen molar-refractivity contribution in [1.29, 1.82) is 10.5 Å². The van der Waals surface area contributed by atoms with E-state index in [-0.39, 0.29) is 11.2 Å². The van der Waals surface area contributed by atoms with Crippen LogP contribution in [0, 0.1) is 22.7 Å². The fourth-order valence-corrected chi connectivity index (χ4v) is 0.545. The van der Waals surface area contributed by atoms with Crippen molar-refractivity contribution in [3.8, 4) is 12.1 Å². The van der Waals surface area contributed by atoms with Crippen LogP contribution in [0.3, 0.4) is 0 Å². The normalized spacial score (nSPS) is 13.1. The maximum Gasteiger partial charge on any atom is 0.162 e. The molecule has 0 atom stereocenters. The second kappa shape index (κ2) is 8.22. The number of rotatable bonds is 3. The van der Waals surface area contributed by atoms with Crippen LogP contribution in [0.5, 0.6) is 0 Å². The fourth-order valence-electron chi connectivity index (χ4n) is 0.545. The zero-order chi connectivity index (χ0) is 18.2. The Hall–Kier alpha value is -1.50. The van der Waals surface area contributed by atoms with Gasteiger partial charge in [0.25, 0.3) is 0 Å². The van der Waals surface area contributed by atoms with E-state index in [0.29, 0.717) is 0 Å². The Kier molecular flexibility index (Phi) is 8.51. The van der Waals surface area contributed by atoms with Gasteiger partial charge in [0.05, 0.1) is 23.3 Å². The topological polar surface area (TPSA) is 90.8 Å². The summed E-state index contributed by atoms with van der Waals surface area (Å²) in [5.41, 5.74) is -2.11. The maximum absolute atomic E-state index is 8.58. The molecule has 0 aliphatic heterocycles. The van der Waals surface area contributed by atoms with Crippen LogP contribution in [0.15, 0.2) is 10.2 Å². The average Bonchev–Trinajstić information content (AvgIpc) is 2.34. The van der Waals surface area contributed by atoms with Crippen LogP contribution in [0.4, 0.5) is 0 Å². The van der Waals surface area contributed by atoms with Crippen LogP contribution < -0.4 is 0 Å². The highest BCUT2D eigenvalue weighted by Gasteiger charge is 2.20. The van der Waals surface area contributed by atoms with E-state index in [0.717, 1.165) is 0 Å². The van der Waals surface area contributed by atoms with E-state index >= 15 is 0 Å². The largest absolute Gasteiger partial charge is 0.230 e. The summed E-state index contributed by atoms with van der Waals surface area (Å²) in [6, 6.07) is 3.94. The minimum absolute atomic E-state index is 0.215. The van der Waals surface area contributed by atoms with Gasteiger partial charge in [-0.15, -0.1) is 0 Å². The van der Waals surface area contributed by atoms with Crippen LogP contribution in [-0.4, -0.2) is 22.3 Å². The lowest BCUT2D eigenvalue weighted by Crippen LogP contribution is -2.27. The third-order valence-corrected chi connectivity index (χ3v) is 1.64. The molecule has 0 aromatic rings. The van der Waals surface area contributed by atoms with Crippen molar-refractivity contribution in [1.82, 2.24) is 0 Å². The van der Waals surface area contributed by atoms with E-state index in [9.17, 15) is 0 Å². The van der Waals surface area contributed by atoms with Gasteiger partial charge in [0.1, 0.15) is 0 Å². The molecule has 0 radical (unpaired) electrons. The lowest BCUT2D eigenvalue weighted by molar-refractivity contribution is -0.393. The lowest BCUT2D eigenvalue weighted by atomic mass is 10.1. The van der Waals surface area contributed by atoms with Crippen molar-refractivity contribution in [2.75, 3.05) is 0 Å². The van der Waals surface area contributed by atoms with Crippen molar-refractivity contribution in [3.63, 3.8) is 0 Å². The van der Waals surface area contributed by atoms with Gasteiger partial charge in [0, 0.05) is 0 Å². The molecule has 0 amide bonds. The molecule has 0 heterocycles. The van der Waals surface area contributed by atoms with Crippen LogP contribution in [-0.2, 0) is 9.78 Å². The van der Waals surface area contributed by atoms with E-state index in [1.54, 1.807) is 27.7 Å². The monoisotopic (exact) mass is 310 g/mol. The molecule has 0 aromatic heterocycles. The van der Waals surface area contributed by atoms with Gasteiger partial charge in [0.15, 0.2) is 11.1 Å². The van der Waals surface area contributed by atoms with Crippen molar-refractivity contribution >= 4 is 0 Å². The summed E-state index contributed by atoms with van der Waals surface area (Å²) >= 11 is 0. The summed E-state index contributed by atoms with van der Waals surface area (Å²) in [7, 11) is 0. The fraction of sp³-hybridized carbons (Fsp3) is 0.875. The van der Waals surface area contributed by atoms with Crippen LogP contribution in [0.2, 0.25) is 0 Å². The van der Waals surface area contributed by atoms with E-state index in [4.69, 9.17) is 20.3 Å². The van der Waals surface area contributed by atoms with Gasteiger partial charge in [-0.2, -0.15) is 20.8 Å². The molecular weight excluding hydrogens is 280 g/mol. The Morgan fingerprint density at radius 2 is 0.818 bits per heavy atom. The molecule has 22 heavy (non-hydrogen) atoms. The van der Waals surface area contributed by atoms with Crippen molar-refractivity contribution < 1.29 is 9.78 Å². The molecule has 0 fully saturated rings. The Morgan fingerprint density at radius 1 is 0.591 bits per heavy atom. The first-order valence-electron chi connectivity index (χ1n) is 7.17. The Labute approximate surface area is 135 Å². The highest BCUT2D eigenvalue weighted by atomic mass is 17.2. The summed E-state index contributed by atoms with van der Waals surface area (Å²) in [5, 5.41) is 24.7. The molecular formula is C16H30N4O2. The molecule has 0 spiro atoms. The van der Waals surface area contributed by atoms with E-state index in [1.165, 1.54) is 0 Å². The number of nitriles is 2. The summed E-state index contributed by atoms with van der Waals surface area (Å²) < 4.78 is 0. The molecule has 0 saturated carbocycles. The predicted octanol–water partition coefficient (Wildman–Crippen LogP) is 4.57. The number of hydrogen-bond acceptors (Lipinski definition) is 6. The first kappa shape index (κ1) is 22.8. The van der Waals surface area contributed by atoms with Gasteiger partial charge < -0.3 is 0 Å². The van der Waals surface area contributed by atoms with Crippen LogP contribution in [0.25, 0.3) is 0 Å². The smallest absolute Gasteiger partial charge is 0.162 e. The number of nitrogens with zero attached hydrogens (tertiary/aromatic N) is 4. The van der Waals surface area contributed by atoms with Gasteiger partial charge in [-0.3, -0.25) is 0 Å². The third kappa shape index (κ3) is 16.6. The standard InChI is InChI=1S/C8H12N4.C8H18O2/c1-7(2,5-9)11-12-8(3,4)6-10;1-7(2,3)9-10-8(4,5)6/h1-4H3;1-6H3/b12-11+;. The van der Waals surface area contributed by atoms with Crippen molar-refractivity contribution in [2.45, 2.75) is 91.5 Å². The maximum atomic E-state index is 8.58. The van der Waals surface area contributed by atoms with Crippen molar-refractivity contribution in [3.05, 3.63) is 0 Å². The first-order chi connectivity index (χ1) is 9.54. The minimum Gasteiger partial charge on any atom is -0.230 e. The molecule has 126 valence electrons. The molecule has 6 heteroatoms. The molecule has 6 nitrogen and oxygen atoms in total. The number of azo groups is 1. The van der Waals surface area contributed by atoms with E-state index < -0.39 is 11.1 Å². The highest BCUT2D eigenvalue weighted by molar-refractivity contribution is 5.03. The molecule has 0 aromatic carbocycles. The zero-order valence-electron chi connectivity index (χ0n) is 15.6. The molecule has 0 unspecified atom stereocenters. The first-order valence-corrected chi connectivity index (χ1v) is 7.17. The number of hydrogen-bond donors (Lipinski definition) is 0. The van der Waals surface area contributed by atoms with Crippen LogP contribution >= 0.6 is 0 Å². The van der Waals surface area contributed by atoms with E-state index in [1.807, 2.05) is 53.7 Å². The molecule has 0 bridgehead atoms. The molecule has 0 N–H and O–H groups in total. The second-order valence-corrected chi connectivity index (χ2v) is 7.93. The van der Waals surface area contributed by atoms with Gasteiger partial charge in [-0.1, -0.05) is 0 Å². The summed E-state index contributed by atoms with van der Waals surface area (Å²) in [6.45, 7) is 18.3. The Morgan fingerprint density at radius 3 is 0.955 bits per heavy atom. The lowest BCUT2D eigenvalue weighted by Gasteiger charge is -2.24. The highest BCUT2D eigenvalue weighted by Crippen LogP contribution is 2.15. The SMILES string of the molecule is CC(C)(C#N)/N=N/C(C)(C)C#N.CC(C)(C)OOC(C)(C)C. The second-order valence-electron chi connectivity index (χ2n) is 7.93. The Balaban J connectivity index is 0. The van der Waals surface area contributed by atoms with Gasteiger partial charge in [0.2, 0.25) is 0 Å². The Bertz CT molecular complexity index is 399. The predicted molar refractivity (Wildman–Crippen MR) is 85.9 cm³/mol.